The fourth-order valence-electron chi connectivity index (χ4n) is 8.71. The molecular formula is C58H39NO. The molecule has 0 spiro atoms. The predicted molar refractivity (Wildman–Crippen MR) is 253 cm³/mol. The second kappa shape index (κ2) is 15.1. The molecule has 282 valence electrons. The maximum absolute atomic E-state index is 6.17. The first-order valence-corrected chi connectivity index (χ1v) is 20.5. The Morgan fingerprint density at radius 3 is 1.55 bits per heavy atom. The van der Waals surface area contributed by atoms with Crippen molar-refractivity contribution in [3.63, 3.8) is 0 Å². The monoisotopic (exact) mass is 765 g/mol. The SMILES string of the molecule is c1ccc(-c2cc(-c3ccccc3)cc(N(c3ccc(-c4ccc5oc6ccccc6c5c4)cc3)c3ccccc3-c3cccc(-c4cccc5ccccc45)c3)c2)cc1. The van der Waals surface area contributed by atoms with Crippen LogP contribution >= 0.6 is 0 Å². The minimum atomic E-state index is 0.899. The number of hydrogen-bond acceptors (Lipinski definition) is 2. The zero-order valence-corrected chi connectivity index (χ0v) is 32.9. The molecule has 0 N–H and O–H groups in total. The molecule has 0 radical (unpaired) electrons. The standard InChI is InChI=1S/C58H39NO/c1-3-15-40(16-4-1)47-36-48(41-17-5-2-6-18-41)38-50(37-47)59(49-32-29-42(30-33-49)44-31-34-58-55(39-44)54-25-10-12-28-57(54)60-58)56-27-11-9-24-53(56)46-22-13-21-45(35-46)52-26-14-20-43-19-7-8-23-51(43)52/h1-39H. The van der Waals surface area contributed by atoms with Crippen LogP contribution in [0.4, 0.5) is 17.1 Å². The van der Waals surface area contributed by atoms with Crippen LogP contribution in [0.5, 0.6) is 0 Å². The fraction of sp³-hybridized carbons (Fsp3) is 0. The Morgan fingerprint density at radius 2 is 0.783 bits per heavy atom. The van der Waals surface area contributed by atoms with Crippen LogP contribution in [-0.2, 0) is 0 Å². The summed E-state index contributed by atoms with van der Waals surface area (Å²) >= 11 is 0. The smallest absolute Gasteiger partial charge is 0.135 e. The van der Waals surface area contributed by atoms with Crippen LogP contribution in [0.1, 0.15) is 0 Å². The van der Waals surface area contributed by atoms with Crippen LogP contribution in [0.15, 0.2) is 241 Å². The molecule has 0 bridgehead atoms. The van der Waals surface area contributed by atoms with E-state index in [1.54, 1.807) is 0 Å². The van der Waals surface area contributed by atoms with Crippen LogP contribution < -0.4 is 4.90 Å². The van der Waals surface area contributed by atoms with E-state index in [0.29, 0.717) is 0 Å². The van der Waals surface area contributed by atoms with Gasteiger partial charge < -0.3 is 9.32 Å². The molecule has 60 heavy (non-hydrogen) atoms. The molecule has 10 aromatic carbocycles. The number of fused-ring (bicyclic) bond motifs is 4. The molecule has 0 saturated carbocycles. The first kappa shape index (κ1) is 35.2. The van der Waals surface area contributed by atoms with Crippen molar-refractivity contribution in [3.05, 3.63) is 237 Å². The molecule has 0 aliphatic heterocycles. The lowest BCUT2D eigenvalue weighted by atomic mass is 9.94. The van der Waals surface area contributed by atoms with Crippen molar-refractivity contribution in [2.45, 2.75) is 0 Å². The number of furan rings is 1. The second-order valence-electron chi connectivity index (χ2n) is 15.3. The molecule has 1 heterocycles. The molecule has 0 saturated heterocycles. The first-order chi connectivity index (χ1) is 29.7. The highest BCUT2D eigenvalue weighted by atomic mass is 16.3. The van der Waals surface area contributed by atoms with Crippen molar-refractivity contribution in [1.29, 1.82) is 0 Å². The molecule has 11 rings (SSSR count). The lowest BCUT2D eigenvalue weighted by Crippen LogP contribution is -2.11. The molecule has 0 aliphatic carbocycles. The lowest BCUT2D eigenvalue weighted by Gasteiger charge is -2.29. The van der Waals surface area contributed by atoms with E-state index in [9.17, 15) is 0 Å². The second-order valence-corrected chi connectivity index (χ2v) is 15.3. The Bertz CT molecular complexity index is 3250. The number of rotatable bonds is 8. The molecule has 1 aromatic heterocycles. The molecule has 0 fully saturated rings. The van der Waals surface area contributed by atoms with Gasteiger partial charge in [0.2, 0.25) is 0 Å². The number of hydrogen-bond donors (Lipinski definition) is 0. The number of benzene rings is 10. The average molecular weight is 766 g/mol. The van der Waals surface area contributed by atoms with Crippen molar-refractivity contribution >= 4 is 49.8 Å². The van der Waals surface area contributed by atoms with Gasteiger partial charge in [-0.25, -0.2) is 0 Å². The summed E-state index contributed by atoms with van der Waals surface area (Å²) in [5.74, 6) is 0. The van der Waals surface area contributed by atoms with Crippen molar-refractivity contribution < 1.29 is 4.42 Å². The van der Waals surface area contributed by atoms with E-state index in [0.717, 1.165) is 72.4 Å². The van der Waals surface area contributed by atoms with Gasteiger partial charge in [-0.05, 0) is 122 Å². The van der Waals surface area contributed by atoms with Crippen LogP contribution in [0.25, 0.3) is 88.3 Å². The van der Waals surface area contributed by atoms with Gasteiger partial charge in [-0.15, -0.1) is 0 Å². The van der Waals surface area contributed by atoms with E-state index in [1.165, 1.54) is 33.0 Å². The number of nitrogens with zero attached hydrogens (tertiary/aromatic N) is 1. The largest absolute Gasteiger partial charge is 0.456 e. The summed E-state index contributed by atoms with van der Waals surface area (Å²) in [4.78, 5) is 2.43. The van der Waals surface area contributed by atoms with Crippen LogP contribution in [0.3, 0.4) is 0 Å². The quantitative estimate of drug-likeness (QED) is 0.153. The Hall–Kier alpha value is -7.94. The highest BCUT2D eigenvalue weighted by Crippen LogP contribution is 2.45. The summed E-state index contributed by atoms with van der Waals surface area (Å²) in [5, 5.41) is 4.74. The van der Waals surface area contributed by atoms with E-state index in [-0.39, 0.29) is 0 Å². The van der Waals surface area contributed by atoms with E-state index >= 15 is 0 Å². The van der Waals surface area contributed by atoms with Gasteiger partial charge in [0.15, 0.2) is 0 Å². The number of para-hydroxylation sites is 2. The predicted octanol–water partition coefficient (Wildman–Crippen LogP) is 16.5. The van der Waals surface area contributed by atoms with Gasteiger partial charge in [-0.1, -0.05) is 176 Å². The van der Waals surface area contributed by atoms with Gasteiger partial charge in [0.05, 0.1) is 5.69 Å². The van der Waals surface area contributed by atoms with Gasteiger partial charge >= 0.3 is 0 Å². The summed E-state index contributed by atoms with van der Waals surface area (Å²) in [5.41, 5.74) is 16.7. The van der Waals surface area contributed by atoms with E-state index < -0.39 is 0 Å². The van der Waals surface area contributed by atoms with Crippen molar-refractivity contribution in [1.82, 2.24) is 0 Å². The highest BCUT2D eigenvalue weighted by Gasteiger charge is 2.20. The summed E-state index contributed by atoms with van der Waals surface area (Å²) in [6.45, 7) is 0. The summed E-state index contributed by atoms with van der Waals surface area (Å²) in [7, 11) is 0. The minimum absolute atomic E-state index is 0.899. The van der Waals surface area contributed by atoms with Gasteiger partial charge in [-0.3, -0.25) is 0 Å². The van der Waals surface area contributed by atoms with E-state index in [1.807, 2.05) is 12.1 Å². The zero-order valence-electron chi connectivity index (χ0n) is 32.9. The molecular weight excluding hydrogens is 727 g/mol. The van der Waals surface area contributed by atoms with E-state index in [2.05, 4.69) is 229 Å². The summed E-state index contributed by atoms with van der Waals surface area (Å²) in [6.07, 6.45) is 0. The third-order valence-electron chi connectivity index (χ3n) is 11.6. The van der Waals surface area contributed by atoms with Crippen LogP contribution in [0.2, 0.25) is 0 Å². The number of anilines is 3. The molecule has 2 heteroatoms. The Morgan fingerprint density at radius 1 is 0.267 bits per heavy atom. The maximum atomic E-state index is 6.17. The highest BCUT2D eigenvalue weighted by molar-refractivity contribution is 6.06. The Labute approximate surface area is 349 Å². The summed E-state index contributed by atoms with van der Waals surface area (Å²) in [6, 6.07) is 85.1. The normalized spacial score (nSPS) is 11.3. The molecule has 0 amide bonds. The third kappa shape index (κ3) is 6.51. The van der Waals surface area contributed by atoms with Gasteiger partial charge in [0, 0.05) is 27.7 Å². The molecule has 11 aromatic rings. The topological polar surface area (TPSA) is 16.4 Å². The van der Waals surface area contributed by atoms with Crippen molar-refractivity contribution in [2.24, 2.45) is 0 Å². The molecule has 0 aliphatic rings. The van der Waals surface area contributed by atoms with Crippen molar-refractivity contribution in [3.8, 4) is 55.6 Å². The van der Waals surface area contributed by atoms with Crippen LogP contribution in [0, 0.1) is 0 Å². The fourth-order valence-corrected chi connectivity index (χ4v) is 8.71. The zero-order chi connectivity index (χ0) is 39.8. The third-order valence-corrected chi connectivity index (χ3v) is 11.6. The molecule has 2 nitrogen and oxygen atoms in total. The molecule has 0 atom stereocenters. The summed E-state index contributed by atoms with van der Waals surface area (Å²) < 4.78 is 6.17. The Kier molecular flexibility index (Phi) is 8.87. The van der Waals surface area contributed by atoms with E-state index in [4.69, 9.17) is 4.42 Å². The maximum Gasteiger partial charge on any atom is 0.135 e. The Balaban J connectivity index is 1.09. The average Bonchev–Trinajstić information content (AvgIpc) is 3.70. The van der Waals surface area contributed by atoms with Gasteiger partial charge in [0.1, 0.15) is 11.2 Å². The van der Waals surface area contributed by atoms with Crippen molar-refractivity contribution in [2.75, 3.05) is 4.90 Å². The van der Waals surface area contributed by atoms with Gasteiger partial charge in [-0.2, -0.15) is 0 Å². The van der Waals surface area contributed by atoms with Gasteiger partial charge in [0.25, 0.3) is 0 Å². The van der Waals surface area contributed by atoms with Crippen LogP contribution in [-0.4, -0.2) is 0 Å². The molecule has 0 unspecified atom stereocenters. The lowest BCUT2D eigenvalue weighted by molar-refractivity contribution is 0.669. The minimum Gasteiger partial charge on any atom is -0.456 e. The first-order valence-electron chi connectivity index (χ1n) is 20.5.